The van der Waals surface area contributed by atoms with Crippen molar-refractivity contribution in [1.29, 1.82) is 0 Å². The molecule has 1 aromatic rings. The van der Waals surface area contributed by atoms with E-state index in [4.69, 9.17) is 45.3 Å². The fraction of sp³-hybridized carbons (Fsp3) is 0.364. The van der Waals surface area contributed by atoms with Gasteiger partial charge in [-0.1, -0.05) is 34.8 Å². The number of hydrogen-bond donors (Lipinski definition) is 1. The van der Waals surface area contributed by atoms with Crippen LogP contribution in [0.4, 0.5) is 0 Å². The predicted molar refractivity (Wildman–Crippen MR) is 76.9 cm³/mol. The van der Waals surface area contributed by atoms with Crippen molar-refractivity contribution in [3.8, 4) is 0 Å². The van der Waals surface area contributed by atoms with E-state index in [2.05, 4.69) is 0 Å². The molecule has 0 saturated carbocycles. The van der Waals surface area contributed by atoms with Crippen LogP contribution in [0.15, 0.2) is 12.1 Å². The topological polar surface area (TPSA) is 52.3 Å². The molecule has 1 aromatic carbocycles. The fourth-order valence-corrected chi connectivity index (χ4v) is 2.11. The number of hydrogen-bond acceptors (Lipinski definition) is 3. The average molecular weight is 333 g/mol. The number of carbonyl (C=O) groups is 1. The van der Waals surface area contributed by atoms with Crippen LogP contribution < -0.4 is 5.73 Å². The smallest absolute Gasteiger partial charge is 0.307 e. The standard InChI is InChI=1S/C11H12Cl3NO2.ClH/c1-2-17-10(16)5-9(15)7-3-6(12)4-8(13)11(7)14;/h3-4,9H,2,5,15H2,1H3;1H/t9-;/m0./s1. The first-order valence-corrected chi connectivity index (χ1v) is 6.14. The summed E-state index contributed by atoms with van der Waals surface area (Å²) in [5.74, 6) is -0.382. The lowest BCUT2D eigenvalue weighted by Gasteiger charge is -2.14. The Morgan fingerprint density at radius 3 is 2.56 bits per heavy atom. The maximum absolute atomic E-state index is 11.3. The number of ether oxygens (including phenoxy) is 1. The maximum atomic E-state index is 11.3. The van der Waals surface area contributed by atoms with Crippen LogP contribution in [-0.4, -0.2) is 12.6 Å². The molecule has 0 bridgehead atoms. The predicted octanol–water partition coefficient (Wildman–Crippen LogP) is 4.02. The van der Waals surface area contributed by atoms with Gasteiger partial charge in [-0.3, -0.25) is 4.79 Å². The largest absolute Gasteiger partial charge is 0.466 e. The van der Waals surface area contributed by atoms with Crippen molar-refractivity contribution in [3.05, 3.63) is 32.8 Å². The first-order chi connectivity index (χ1) is 7.95. The molecule has 2 N–H and O–H groups in total. The van der Waals surface area contributed by atoms with Crippen LogP contribution in [0.1, 0.15) is 24.9 Å². The van der Waals surface area contributed by atoms with Crippen molar-refractivity contribution < 1.29 is 9.53 Å². The van der Waals surface area contributed by atoms with Crippen LogP contribution in [0.25, 0.3) is 0 Å². The Morgan fingerprint density at radius 2 is 2.00 bits per heavy atom. The third kappa shape index (κ3) is 4.82. The lowest BCUT2D eigenvalue weighted by molar-refractivity contribution is -0.143. The molecule has 0 spiro atoms. The summed E-state index contributed by atoms with van der Waals surface area (Å²) in [6, 6.07) is 2.53. The van der Waals surface area contributed by atoms with Gasteiger partial charge in [0, 0.05) is 11.1 Å². The quantitative estimate of drug-likeness (QED) is 0.669. The molecule has 0 unspecified atom stereocenters. The molecule has 0 fully saturated rings. The maximum Gasteiger partial charge on any atom is 0.307 e. The van der Waals surface area contributed by atoms with E-state index in [9.17, 15) is 4.79 Å². The second-order valence-electron chi connectivity index (χ2n) is 3.41. The Kier molecular flexibility index (Phi) is 7.99. The zero-order valence-electron chi connectivity index (χ0n) is 9.58. The Bertz CT molecular complexity index is 426. The molecule has 0 aliphatic rings. The Morgan fingerprint density at radius 1 is 1.39 bits per heavy atom. The normalized spacial score (nSPS) is 11.6. The van der Waals surface area contributed by atoms with Crippen LogP contribution in [-0.2, 0) is 9.53 Å². The van der Waals surface area contributed by atoms with Crippen molar-refractivity contribution >= 4 is 53.2 Å². The van der Waals surface area contributed by atoms with Gasteiger partial charge in [0.1, 0.15) is 0 Å². The highest BCUT2D eigenvalue weighted by Gasteiger charge is 2.17. The first kappa shape index (κ1) is 17.8. The number of carbonyl (C=O) groups excluding carboxylic acids is 1. The lowest BCUT2D eigenvalue weighted by atomic mass is 10.0. The minimum Gasteiger partial charge on any atom is -0.466 e. The number of nitrogens with two attached hydrogens (primary N) is 1. The molecule has 7 heteroatoms. The molecule has 102 valence electrons. The van der Waals surface area contributed by atoms with Gasteiger partial charge >= 0.3 is 5.97 Å². The summed E-state index contributed by atoms with van der Waals surface area (Å²) in [7, 11) is 0. The van der Waals surface area contributed by atoms with E-state index in [0.29, 0.717) is 27.2 Å². The van der Waals surface area contributed by atoms with Crippen LogP contribution in [0.5, 0.6) is 0 Å². The average Bonchev–Trinajstić information content (AvgIpc) is 2.23. The summed E-state index contributed by atoms with van der Waals surface area (Å²) in [6.45, 7) is 2.04. The molecule has 1 atom stereocenters. The van der Waals surface area contributed by atoms with E-state index in [-0.39, 0.29) is 24.8 Å². The minimum absolute atomic E-state index is 0. The number of rotatable bonds is 4. The Labute approximate surface area is 127 Å². The van der Waals surface area contributed by atoms with Crippen molar-refractivity contribution in [2.45, 2.75) is 19.4 Å². The molecule has 1 rings (SSSR count). The number of benzene rings is 1. The summed E-state index contributed by atoms with van der Waals surface area (Å²) in [5.41, 5.74) is 6.40. The molecule has 0 amide bonds. The summed E-state index contributed by atoms with van der Waals surface area (Å²) in [4.78, 5) is 11.3. The highest BCUT2D eigenvalue weighted by Crippen LogP contribution is 2.33. The van der Waals surface area contributed by atoms with E-state index in [1.165, 1.54) is 6.07 Å². The van der Waals surface area contributed by atoms with Gasteiger partial charge in [-0.2, -0.15) is 0 Å². The molecule has 0 heterocycles. The van der Waals surface area contributed by atoms with Crippen molar-refractivity contribution in [2.24, 2.45) is 5.73 Å². The monoisotopic (exact) mass is 331 g/mol. The molecule has 0 aliphatic heterocycles. The Hall–Kier alpha value is -0.190. The van der Waals surface area contributed by atoms with E-state index >= 15 is 0 Å². The van der Waals surface area contributed by atoms with E-state index in [0.717, 1.165) is 0 Å². The SMILES string of the molecule is CCOC(=O)C[C@H](N)c1cc(Cl)cc(Cl)c1Cl.Cl. The zero-order chi connectivity index (χ0) is 13.0. The molecule has 0 aliphatic carbocycles. The van der Waals surface area contributed by atoms with Gasteiger partial charge in [-0.25, -0.2) is 0 Å². The summed E-state index contributed by atoms with van der Waals surface area (Å²) >= 11 is 17.7. The van der Waals surface area contributed by atoms with Gasteiger partial charge < -0.3 is 10.5 Å². The van der Waals surface area contributed by atoms with Gasteiger partial charge in [-0.15, -0.1) is 12.4 Å². The second kappa shape index (κ2) is 8.08. The lowest BCUT2D eigenvalue weighted by Crippen LogP contribution is -2.17. The van der Waals surface area contributed by atoms with E-state index in [1.54, 1.807) is 13.0 Å². The van der Waals surface area contributed by atoms with Crippen LogP contribution in [0.3, 0.4) is 0 Å². The van der Waals surface area contributed by atoms with Crippen LogP contribution in [0, 0.1) is 0 Å². The van der Waals surface area contributed by atoms with E-state index in [1.807, 2.05) is 0 Å². The van der Waals surface area contributed by atoms with Gasteiger partial charge in [0.05, 0.1) is 23.1 Å². The molecular weight excluding hydrogens is 320 g/mol. The summed E-state index contributed by atoms with van der Waals surface area (Å²) in [5, 5.41) is 1.05. The highest BCUT2D eigenvalue weighted by molar-refractivity contribution is 6.43. The molecule has 0 saturated heterocycles. The third-order valence-corrected chi connectivity index (χ3v) is 3.15. The fourth-order valence-electron chi connectivity index (χ4n) is 1.36. The van der Waals surface area contributed by atoms with Gasteiger partial charge in [0.2, 0.25) is 0 Å². The molecule has 18 heavy (non-hydrogen) atoms. The van der Waals surface area contributed by atoms with Gasteiger partial charge in [0.15, 0.2) is 0 Å². The summed E-state index contributed by atoms with van der Waals surface area (Å²) in [6.07, 6.45) is 0.0320. The third-order valence-electron chi connectivity index (χ3n) is 2.11. The van der Waals surface area contributed by atoms with Gasteiger partial charge in [-0.05, 0) is 24.6 Å². The molecule has 0 radical (unpaired) electrons. The van der Waals surface area contributed by atoms with Crippen LogP contribution in [0.2, 0.25) is 15.1 Å². The first-order valence-electron chi connectivity index (χ1n) is 5.01. The second-order valence-corrected chi connectivity index (χ2v) is 4.63. The molecule has 0 aromatic heterocycles. The highest BCUT2D eigenvalue weighted by atomic mass is 35.5. The van der Waals surface area contributed by atoms with Crippen molar-refractivity contribution in [3.63, 3.8) is 0 Å². The van der Waals surface area contributed by atoms with Gasteiger partial charge in [0.25, 0.3) is 0 Å². The number of esters is 1. The minimum atomic E-state index is -0.585. The molecule has 3 nitrogen and oxygen atoms in total. The van der Waals surface area contributed by atoms with E-state index < -0.39 is 6.04 Å². The van der Waals surface area contributed by atoms with Crippen LogP contribution >= 0.6 is 47.2 Å². The Balaban J connectivity index is 0.00000289. The zero-order valence-corrected chi connectivity index (χ0v) is 12.7. The summed E-state index contributed by atoms with van der Waals surface area (Å²) < 4.78 is 4.81. The van der Waals surface area contributed by atoms with Crippen molar-refractivity contribution in [2.75, 3.05) is 6.61 Å². The van der Waals surface area contributed by atoms with Crippen molar-refractivity contribution in [1.82, 2.24) is 0 Å². The number of halogens is 4. The molecular formula is C11H13Cl4NO2.